The molecule has 1 atom stereocenters. The summed E-state index contributed by atoms with van der Waals surface area (Å²) in [5.74, 6) is -0.189. The van der Waals surface area contributed by atoms with Gasteiger partial charge in [-0.2, -0.15) is 4.99 Å². The Morgan fingerprint density at radius 1 is 1.43 bits per heavy atom. The molecule has 0 aliphatic carbocycles. The van der Waals surface area contributed by atoms with Crippen LogP contribution in [0.5, 0.6) is 0 Å². The standard InChI is InChI=1S/C7H15N5O2/c8-5(9)12-6(10)11-3-7(13)1-2-14-4-7/h13H,1-4H2,(H6,8,9,10,11,12). The summed E-state index contributed by atoms with van der Waals surface area (Å²) in [6.45, 7) is 0.954. The molecule has 7 heteroatoms. The van der Waals surface area contributed by atoms with Crippen LogP contribution in [-0.2, 0) is 4.74 Å². The van der Waals surface area contributed by atoms with E-state index in [9.17, 15) is 5.11 Å². The van der Waals surface area contributed by atoms with Gasteiger partial charge in [0.2, 0.25) is 5.96 Å². The van der Waals surface area contributed by atoms with E-state index in [0.717, 1.165) is 0 Å². The van der Waals surface area contributed by atoms with Gasteiger partial charge in [-0.25, -0.2) is 4.99 Å². The highest BCUT2D eigenvalue weighted by Gasteiger charge is 2.31. The van der Waals surface area contributed by atoms with Gasteiger partial charge in [-0.3, -0.25) is 0 Å². The van der Waals surface area contributed by atoms with Crippen LogP contribution in [0.4, 0.5) is 0 Å². The third-order valence-corrected chi connectivity index (χ3v) is 1.86. The average molecular weight is 201 g/mol. The molecule has 1 heterocycles. The summed E-state index contributed by atoms with van der Waals surface area (Å²) >= 11 is 0. The van der Waals surface area contributed by atoms with Crippen molar-refractivity contribution in [3.63, 3.8) is 0 Å². The predicted molar refractivity (Wildman–Crippen MR) is 52.7 cm³/mol. The Bertz CT molecular complexity index is 253. The smallest absolute Gasteiger partial charge is 0.218 e. The zero-order chi connectivity index (χ0) is 10.6. The number of nitrogens with zero attached hydrogens (tertiary/aromatic N) is 2. The molecule has 0 radical (unpaired) electrons. The van der Waals surface area contributed by atoms with Crippen molar-refractivity contribution < 1.29 is 9.84 Å². The van der Waals surface area contributed by atoms with Crippen LogP contribution in [0.3, 0.4) is 0 Å². The quantitative estimate of drug-likeness (QED) is 0.295. The normalized spacial score (nSPS) is 27.6. The topological polar surface area (TPSA) is 132 Å². The molecule has 7 N–H and O–H groups in total. The van der Waals surface area contributed by atoms with E-state index in [0.29, 0.717) is 13.0 Å². The minimum atomic E-state index is -0.927. The number of ether oxygens (including phenoxy) is 1. The second kappa shape index (κ2) is 4.25. The molecule has 80 valence electrons. The fourth-order valence-corrected chi connectivity index (χ4v) is 1.12. The second-order valence-corrected chi connectivity index (χ2v) is 3.24. The molecular weight excluding hydrogens is 186 g/mol. The van der Waals surface area contributed by atoms with E-state index in [2.05, 4.69) is 9.98 Å². The third-order valence-electron chi connectivity index (χ3n) is 1.86. The Morgan fingerprint density at radius 2 is 2.14 bits per heavy atom. The number of nitrogens with two attached hydrogens (primary N) is 3. The van der Waals surface area contributed by atoms with Gasteiger partial charge >= 0.3 is 0 Å². The van der Waals surface area contributed by atoms with Gasteiger partial charge in [0.05, 0.1) is 13.2 Å². The molecule has 0 spiro atoms. The third kappa shape index (κ3) is 3.19. The maximum Gasteiger partial charge on any atom is 0.218 e. The van der Waals surface area contributed by atoms with Crippen molar-refractivity contribution in [1.82, 2.24) is 0 Å². The lowest BCUT2D eigenvalue weighted by Gasteiger charge is -2.16. The predicted octanol–water partition coefficient (Wildman–Crippen LogP) is -2.27. The molecule has 0 bridgehead atoms. The van der Waals surface area contributed by atoms with E-state index in [1.807, 2.05) is 0 Å². The highest BCUT2D eigenvalue weighted by Crippen LogP contribution is 2.18. The van der Waals surface area contributed by atoms with Crippen LogP contribution in [-0.4, -0.2) is 42.4 Å². The second-order valence-electron chi connectivity index (χ2n) is 3.24. The molecule has 1 rings (SSSR count). The maximum atomic E-state index is 9.78. The van der Waals surface area contributed by atoms with E-state index in [1.54, 1.807) is 0 Å². The first kappa shape index (κ1) is 10.7. The molecule has 1 unspecified atom stereocenters. The Hall–Kier alpha value is -1.34. The summed E-state index contributed by atoms with van der Waals surface area (Å²) in [6, 6.07) is 0. The largest absolute Gasteiger partial charge is 0.385 e. The van der Waals surface area contributed by atoms with E-state index >= 15 is 0 Å². The Labute approximate surface area is 81.6 Å². The number of hydrogen-bond acceptors (Lipinski definition) is 3. The molecule has 0 saturated carbocycles. The van der Waals surface area contributed by atoms with Gasteiger partial charge in [0, 0.05) is 13.0 Å². The van der Waals surface area contributed by atoms with Crippen molar-refractivity contribution in [1.29, 1.82) is 0 Å². The highest BCUT2D eigenvalue weighted by atomic mass is 16.5. The molecular formula is C7H15N5O2. The van der Waals surface area contributed by atoms with Gasteiger partial charge in [-0.15, -0.1) is 0 Å². The van der Waals surface area contributed by atoms with E-state index in [4.69, 9.17) is 21.9 Å². The summed E-state index contributed by atoms with van der Waals surface area (Å²) in [7, 11) is 0. The summed E-state index contributed by atoms with van der Waals surface area (Å²) in [5.41, 5.74) is 14.6. The van der Waals surface area contributed by atoms with Gasteiger partial charge in [-0.05, 0) is 0 Å². The first-order valence-electron chi connectivity index (χ1n) is 4.21. The number of aliphatic hydroxyl groups is 1. The Balaban J connectivity index is 2.49. The van der Waals surface area contributed by atoms with Crippen molar-refractivity contribution in [2.24, 2.45) is 27.2 Å². The van der Waals surface area contributed by atoms with Crippen LogP contribution in [0.2, 0.25) is 0 Å². The van der Waals surface area contributed by atoms with Gasteiger partial charge in [-0.1, -0.05) is 0 Å². The molecule has 1 aliphatic rings. The van der Waals surface area contributed by atoms with E-state index in [-0.39, 0.29) is 25.1 Å². The van der Waals surface area contributed by atoms with Crippen LogP contribution in [0.15, 0.2) is 9.98 Å². The molecule has 14 heavy (non-hydrogen) atoms. The highest BCUT2D eigenvalue weighted by molar-refractivity contribution is 5.92. The lowest BCUT2D eigenvalue weighted by Crippen LogP contribution is -2.34. The van der Waals surface area contributed by atoms with Crippen molar-refractivity contribution >= 4 is 11.9 Å². The van der Waals surface area contributed by atoms with Gasteiger partial charge < -0.3 is 27.0 Å². The van der Waals surface area contributed by atoms with Crippen molar-refractivity contribution in [2.45, 2.75) is 12.0 Å². The van der Waals surface area contributed by atoms with Crippen LogP contribution < -0.4 is 17.2 Å². The Kier molecular flexibility index (Phi) is 3.26. The molecule has 0 aromatic rings. The molecule has 1 saturated heterocycles. The molecule has 1 fully saturated rings. The summed E-state index contributed by atoms with van der Waals surface area (Å²) in [6.07, 6.45) is 0.547. The van der Waals surface area contributed by atoms with Gasteiger partial charge in [0.25, 0.3) is 0 Å². The molecule has 0 amide bonds. The minimum absolute atomic E-state index is 0.0367. The minimum Gasteiger partial charge on any atom is -0.385 e. The number of rotatable bonds is 2. The fraction of sp³-hybridized carbons (Fsp3) is 0.714. The van der Waals surface area contributed by atoms with E-state index < -0.39 is 5.60 Å². The van der Waals surface area contributed by atoms with Crippen LogP contribution in [0.25, 0.3) is 0 Å². The van der Waals surface area contributed by atoms with E-state index in [1.165, 1.54) is 0 Å². The molecule has 1 aliphatic heterocycles. The summed E-state index contributed by atoms with van der Waals surface area (Å²) in [4.78, 5) is 7.35. The Morgan fingerprint density at radius 3 is 2.64 bits per heavy atom. The molecule has 7 nitrogen and oxygen atoms in total. The molecule has 0 aromatic carbocycles. The van der Waals surface area contributed by atoms with Crippen molar-refractivity contribution in [2.75, 3.05) is 19.8 Å². The average Bonchev–Trinajstić information content (AvgIpc) is 2.49. The number of guanidine groups is 2. The van der Waals surface area contributed by atoms with Crippen molar-refractivity contribution in [3.8, 4) is 0 Å². The monoisotopic (exact) mass is 201 g/mol. The van der Waals surface area contributed by atoms with Crippen LogP contribution in [0, 0.1) is 0 Å². The molecule has 0 aromatic heterocycles. The van der Waals surface area contributed by atoms with Gasteiger partial charge in [0.1, 0.15) is 5.60 Å². The van der Waals surface area contributed by atoms with Gasteiger partial charge in [0.15, 0.2) is 5.96 Å². The zero-order valence-corrected chi connectivity index (χ0v) is 7.81. The lowest BCUT2D eigenvalue weighted by atomic mass is 10.0. The fourth-order valence-electron chi connectivity index (χ4n) is 1.12. The first-order valence-corrected chi connectivity index (χ1v) is 4.21. The number of hydrogen-bond donors (Lipinski definition) is 4. The van der Waals surface area contributed by atoms with Crippen LogP contribution in [0.1, 0.15) is 6.42 Å². The first-order chi connectivity index (χ1) is 6.52. The summed E-state index contributed by atoms with van der Waals surface area (Å²) in [5, 5.41) is 9.78. The lowest BCUT2D eigenvalue weighted by molar-refractivity contribution is 0.0350. The number of aliphatic imine (C=N–C) groups is 2. The van der Waals surface area contributed by atoms with Crippen molar-refractivity contribution in [3.05, 3.63) is 0 Å². The van der Waals surface area contributed by atoms with Crippen LogP contribution >= 0.6 is 0 Å². The summed E-state index contributed by atoms with van der Waals surface area (Å²) < 4.78 is 5.03. The zero-order valence-electron chi connectivity index (χ0n) is 7.81. The maximum absolute atomic E-state index is 9.78. The SMILES string of the molecule is NC(N)=NC(N)=NCC1(O)CCOC1.